The van der Waals surface area contributed by atoms with E-state index >= 15 is 0 Å². The monoisotopic (exact) mass is 212 g/mol. The maximum atomic E-state index is 5.86. The summed E-state index contributed by atoms with van der Waals surface area (Å²) < 4.78 is 11.0. The average molecular weight is 212 g/mol. The zero-order chi connectivity index (χ0) is 10.7. The van der Waals surface area contributed by atoms with Crippen LogP contribution in [-0.2, 0) is 9.47 Å². The van der Waals surface area contributed by atoms with Crippen molar-refractivity contribution in [2.45, 2.75) is 45.6 Å². The van der Waals surface area contributed by atoms with Gasteiger partial charge in [-0.15, -0.1) is 0 Å². The quantitative estimate of drug-likeness (QED) is 0.697. The number of hydrogen-bond acceptors (Lipinski definition) is 2. The summed E-state index contributed by atoms with van der Waals surface area (Å²) in [6.07, 6.45) is 5.90. The molecule has 2 heteroatoms. The molecule has 1 saturated carbocycles. The molecular formula is C13H24O2. The molecule has 1 aliphatic heterocycles. The molecule has 88 valence electrons. The molecule has 0 amide bonds. The van der Waals surface area contributed by atoms with Gasteiger partial charge in [0.25, 0.3) is 0 Å². The molecule has 2 fully saturated rings. The van der Waals surface area contributed by atoms with E-state index in [2.05, 4.69) is 13.8 Å². The Morgan fingerprint density at radius 1 is 1.07 bits per heavy atom. The molecule has 1 saturated heterocycles. The molecule has 2 nitrogen and oxygen atoms in total. The second-order valence-electron chi connectivity index (χ2n) is 5.17. The molecule has 15 heavy (non-hydrogen) atoms. The van der Waals surface area contributed by atoms with E-state index in [1.165, 1.54) is 25.7 Å². The molecule has 0 aromatic heterocycles. The fraction of sp³-hybridized carbons (Fsp3) is 1.00. The molecular weight excluding hydrogens is 188 g/mol. The van der Waals surface area contributed by atoms with E-state index < -0.39 is 0 Å². The third-order valence-electron chi connectivity index (χ3n) is 4.19. The van der Waals surface area contributed by atoms with E-state index in [-0.39, 0.29) is 0 Å². The molecule has 0 bridgehead atoms. The Labute approximate surface area is 93.3 Å². The van der Waals surface area contributed by atoms with Gasteiger partial charge in [-0.1, -0.05) is 26.7 Å². The summed E-state index contributed by atoms with van der Waals surface area (Å²) in [5.41, 5.74) is 0. The first kappa shape index (κ1) is 11.4. The van der Waals surface area contributed by atoms with Crippen LogP contribution in [0.1, 0.15) is 39.5 Å². The molecule has 3 unspecified atom stereocenters. The Morgan fingerprint density at radius 3 is 2.33 bits per heavy atom. The van der Waals surface area contributed by atoms with Gasteiger partial charge in [-0.25, -0.2) is 0 Å². The summed E-state index contributed by atoms with van der Waals surface area (Å²) >= 11 is 0. The van der Waals surface area contributed by atoms with Gasteiger partial charge >= 0.3 is 0 Å². The zero-order valence-electron chi connectivity index (χ0n) is 10.1. The summed E-state index contributed by atoms with van der Waals surface area (Å²) in [7, 11) is 0. The summed E-state index contributed by atoms with van der Waals surface area (Å²) in [5.74, 6) is 2.69. The normalized spacial score (nSPS) is 36.8. The molecule has 2 aliphatic rings. The second kappa shape index (κ2) is 5.31. The van der Waals surface area contributed by atoms with E-state index in [4.69, 9.17) is 9.47 Å². The van der Waals surface area contributed by atoms with Crippen LogP contribution in [0, 0.1) is 17.8 Å². The molecule has 3 atom stereocenters. The molecule has 0 aromatic carbocycles. The Bertz CT molecular complexity index is 189. The first-order chi connectivity index (χ1) is 7.33. The second-order valence-corrected chi connectivity index (χ2v) is 5.17. The van der Waals surface area contributed by atoms with Gasteiger partial charge in [-0.05, 0) is 30.6 Å². The lowest BCUT2D eigenvalue weighted by molar-refractivity contribution is -0.138. The van der Waals surface area contributed by atoms with Crippen molar-refractivity contribution in [3.05, 3.63) is 0 Å². The standard InChI is InChI=1S/C13H24O2/c1-3-10-5-11(4-2)12(6-10)7-15-13-8-14-9-13/h10-13H,3-9H2,1-2H3. The van der Waals surface area contributed by atoms with Crippen molar-refractivity contribution in [2.75, 3.05) is 19.8 Å². The fourth-order valence-corrected chi connectivity index (χ4v) is 2.94. The molecule has 0 radical (unpaired) electrons. The Morgan fingerprint density at radius 2 is 1.80 bits per heavy atom. The SMILES string of the molecule is CCC1CC(CC)C(COC2COC2)C1. The number of rotatable bonds is 5. The van der Waals surface area contributed by atoms with Crippen LogP contribution in [0.2, 0.25) is 0 Å². The molecule has 0 N–H and O–H groups in total. The van der Waals surface area contributed by atoms with E-state index in [0.717, 1.165) is 37.6 Å². The predicted molar refractivity (Wildman–Crippen MR) is 60.8 cm³/mol. The molecule has 1 heterocycles. The van der Waals surface area contributed by atoms with Gasteiger partial charge in [-0.3, -0.25) is 0 Å². The Kier molecular flexibility index (Phi) is 4.04. The first-order valence-corrected chi connectivity index (χ1v) is 6.52. The van der Waals surface area contributed by atoms with Crippen LogP contribution in [0.5, 0.6) is 0 Å². The maximum Gasteiger partial charge on any atom is 0.104 e. The minimum Gasteiger partial charge on any atom is -0.376 e. The highest BCUT2D eigenvalue weighted by atomic mass is 16.6. The van der Waals surface area contributed by atoms with E-state index in [0.29, 0.717) is 6.10 Å². The topological polar surface area (TPSA) is 18.5 Å². The van der Waals surface area contributed by atoms with Gasteiger partial charge in [0.2, 0.25) is 0 Å². The van der Waals surface area contributed by atoms with Crippen molar-refractivity contribution in [1.29, 1.82) is 0 Å². The summed E-state index contributed by atoms with van der Waals surface area (Å²) in [6.45, 7) is 7.26. The highest BCUT2D eigenvalue weighted by Crippen LogP contribution is 2.40. The lowest BCUT2D eigenvalue weighted by Gasteiger charge is -2.28. The smallest absolute Gasteiger partial charge is 0.104 e. The van der Waals surface area contributed by atoms with Gasteiger partial charge in [0.15, 0.2) is 0 Å². The van der Waals surface area contributed by atoms with E-state index in [1.54, 1.807) is 0 Å². The van der Waals surface area contributed by atoms with Gasteiger partial charge < -0.3 is 9.47 Å². The van der Waals surface area contributed by atoms with Crippen LogP contribution in [0.15, 0.2) is 0 Å². The van der Waals surface area contributed by atoms with Gasteiger partial charge in [-0.2, -0.15) is 0 Å². The van der Waals surface area contributed by atoms with Gasteiger partial charge in [0.1, 0.15) is 6.10 Å². The Hall–Kier alpha value is -0.0800. The van der Waals surface area contributed by atoms with Crippen LogP contribution in [0.4, 0.5) is 0 Å². The summed E-state index contributed by atoms with van der Waals surface area (Å²) in [6, 6.07) is 0. The maximum absolute atomic E-state index is 5.86. The minimum absolute atomic E-state index is 0.406. The van der Waals surface area contributed by atoms with Crippen molar-refractivity contribution in [2.24, 2.45) is 17.8 Å². The number of hydrogen-bond donors (Lipinski definition) is 0. The van der Waals surface area contributed by atoms with Gasteiger partial charge in [0.05, 0.1) is 19.8 Å². The van der Waals surface area contributed by atoms with Gasteiger partial charge in [0, 0.05) is 0 Å². The molecule has 1 aliphatic carbocycles. The number of ether oxygens (including phenoxy) is 2. The van der Waals surface area contributed by atoms with Crippen molar-refractivity contribution >= 4 is 0 Å². The van der Waals surface area contributed by atoms with Crippen molar-refractivity contribution in [3.8, 4) is 0 Å². The van der Waals surface area contributed by atoms with E-state index in [9.17, 15) is 0 Å². The van der Waals surface area contributed by atoms with E-state index in [1.807, 2.05) is 0 Å². The van der Waals surface area contributed by atoms with Crippen LogP contribution in [0.25, 0.3) is 0 Å². The largest absolute Gasteiger partial charge is 0.376 e. The molecule has 0 aromatic rings. The van der Waals surface area contributed by atoms with Crippen molar-refractivity contribution in [1.82, 2.24) is 0 Å². The van der Waals surface area contributed by atoms with Crippen molar-refractivity contribution in [3.63, 3.8) is 0 Å². The van der Waals surface area contributed by atoms with Crippen LogP contribution < -0.4 is 0 Å². The molecule has 0 spiro atoms. The first-order valence-electron chi connectivity index (χ1n) is 6.52. The van der Waals surface area contributed by atoms with Crippen LogP contribution >= 0.6 is 0 Å². The van der Waals surface area contributed by atoms with Crippen molar-refractivity contribution < 1.29 is 9.47 Å². The summed E-state index contributed by atoms with van der Waals surface area (Å²) in [4.78, 5) is 0. The predicted octanol–water partition coefficient (Wildman–Crippen LogP) is 2.86. The third kappa shape index (κ3) is 2.73. The van der Waals surface area contributed by atoms with Crippen LogP contribution in [-0.4, -0.2) is 25.9 Å². The highest BCUT2D eigenvalue weighted by Gasteiger charge is 2.33. The Balaban J connectivity index is 1.73. The lowest BCUT2D eigenvalue weighted by Crippen LogP contribution is -2.37. The third-order valence-corrected chi connectivity index (χ3v) is 4.19. The summed E-state index contributed by atoms with van der Waals surface area (Å²) in [5, 5.41) is 0. The highest BCUT2D eigenvalue weighted by molar-refractivity contribution is 4.82. The fourth-order valence-electron chi connectivity index (χ4n) is 2.94. The average Bonchev–Trinajstić information content (AvgIpc) is 2.58. The van der Waals surface area contributed by atoms with Crippen LogP contribution in [0.3, 0.4) is 0 Å². The zero-order valence-corrected chi connectivity index (χ0v) is 10.1. The molecule has 2 rings (SSSR count). The lowest BCUT2D eigenvalue weighted by atomic mass is 9.94. The minimum atomic E-state index is 0.406.